The van der Waals surface area contributed by atoms with E-state index in [1.807, 2.05) is 18.2 Å². The van der Waals surface area contributed by atoms with Crippen molar-refractivity contribution in [1.82, 2.24) is 9.88 Å². The van der Waals surface area contributed by atoms with Crippen LogP contribution in [0.2, 0.25) is 0 Å². The van der Waals surface area contributed by atoms with E-state index in [1.165, 1.54) is 11.3 Å². The number of nitrogens with zero attached hydrogens (tertiary/aromatic N) is 1. The molecule has 2 aliphatic rings. The average molecular weight is 334 g/mol. The summed E-state index contributed by atoms with van der Waals surface area (Å²) >= 11 is 1.27. The molecule has 1 N–H and O–H groups in total. The molecule has 4 rings (SSSR count). The lowest BCUT2D eigenvalue weighted by molar-refractivity contribution is 0.0347. The van der Waals surface area contributed by atoms with Crippen molar-refractivity contribution in [3.8, 4) is 22.8 Å². The van der Waals surface area contributed by atoms with Crippen molar-refractivity contribution in [2.24, 2.45) is 0 Å². The largest absolute Gasteiger partial charge is 0.486 e. The van der Waals surface area contributed by atoms with Crippen molar-refractivity contribution in [1.29, 1.82) is 0 Å². The number of aromatic amines is 1. The van der Waals surface area contributed by atoms with E-state index >= 15 is 0 Å². The van der Waals surface area contributed by atoms with Gasteiger partial charge in [-0.1, -0.05) is 11.3 Å². The maximum Gasteiger partial charge on any atom is 0.305 e. The van der Waals surface area contributed by atoms with Crippen LogP contribution in [0.3, 0.4) is 0 Å². The van der Waals surface area contributed by atoms with Gasteiger partial charge in [0.25, 0.3) is 0 Å². The van der Waals surface area contributed by atoms with Crippen molar-refractivity contribution in [3.05, 3.63) is 32.7 Å². The number of hydrogen-bond donors (Lipinski definition) is 1. The normalized spacial score (nSPS) is 18.1. The third-order valence-corrected chi connectivity index (χ3v) is 4.89. The standard InChI is InChI=1S/C16H18N2O4S/c19-16-17-15(14(23-16)10-18-3-5-20-6-4-18)11-1-2-12-13(9-11)22-8-7-21-12/h1-2,9H,3-8,10H2,(H,17,19). The first-order valence-electron chi connectivity index (χ1n) is 7.72. The Morgan fingerprint density at radius 2 is 1.87 bits per heavy atom. The minimum absolute atomic E-state index is 0.0295. The van der Waals surface area contributed by atoms with Gasteiger partial charge in [0.05, 0.1) is 18.9 Å². The van der Waals surface area contributed by atoms with Crippen molar-refractivity contribution < 1.29 is 14.2 Å². The molecule has 3 heterocycles. The molecule has 23 heavy (non-hydrogen) atoms. The van der Waals surface area contributed by atoms with E-state index < -0.39 is 0 Å². The minimum atomic E-state index is -0.0295. The Morgan fingerprint density at radius 3 is 2.70 bits per heavy atom. The molecule has 2 aromatic rings. The third-order valence-electron chi connectivity index (χ3n) is 4.02. The fourth-order valence-electron chi connectivity index (χ4n) is 2.87. The second-order valence-corrected chi connectivity index (χ2v) is 6.63. The number of thiazole rings is 1. The number of rotatable bonds is 3. The lowest BCUT2D eigenvalue weighted by Gasteiger charge is -2.26. The Hall–Kier alpha value is -1.83. The number of benzene rings is 1. The molecule has 0 saturated carbocycles. The van der Waals surface area contributed by atoms with Gasteiger partial charge >= 0.3 is 4.87 Å². The summed E-state index contributed by atoms with van der Waals surface area (Å²) in [7, 11) is 0. The van der Waals surface area contributed by atoms with Crippen LogP contribution in [0.25, 0.3) is 11.3 Å². The van der Waals surface area contributed by atoms with Gasteiger partial charge in [-0.3, -0.25) is 9.69 Å². The maximum absolute atomic E-state index is 11.9. The SMILES string of the molecule is O=c1[nH]c(-c2ccc3c(c2)OCCO3)c(CN2CCOCC2)s1. The van der Waals surface area contributed by atoms with Crippen molar-refractivity contribution >= 4 is 11.3 Å². The summed E-state index contributed by atoms with van der Waals surface area (Å²) in [5.74, 6) is 1.49. The molecule has 0 atom stereocenters. The second-order valence-electron chi connectivity index (χ2n) is 5.56. The number of morpholine rings is 1. The summed E-state index contributed by atoms with van der Waals surface area (Å²) in [4.78, 5) is 18.2. The first-order valence-corrected chi connectivity index (χ1v) is 8.53. The van der Waals surface area contributed by atoms with Crippen LogP contribution in [0.1, 0.15) is 4.88 Å². The third kappa shape index (κ3) is 3.12. The molecule has 0 spiro atoms. The molecule has 1 fully saturated rings. The van der Waals surface area contributed by atoms with Crippen molar-refractivity contribution in [2.45, 2.75) is 6.54 Å². The summed E-state index contributed by atoms with van der Waals surface area (Å²) in [5.41, 5.74) is 1.83. The number of fused-ring (bicyclic) bond motifs is 1. The zero-order valence-electron chi connectivity index (χ0n) is 12.7. The topological polar surface area (TPSA) is 63.8 Å². The molecule has 1 saturated heterocycles. The van der Waals surface area contributed by atoms with Crippen LogP contribution < -0.4 is 14.3 Å². The predicted molar refractivity (Wildman–Crippen MR) is 87.5 cm³/mol. The zero-order chi connectivity index (χ0) is 15.6. The smallest absolute Gasteiger partial charge is 0.305 e. The predicted octanol–water partition coefficient (Wildman–Crippen LogP) is 1.71. The molecule has 1 aromatic carbocycles. The van der Waals surface area contributed by atoms with E-state index in [1.54, 1.807) is 0 Å². The Kier molecular flexibility index (Phi) is 4.07. The van der Waals surface area contributed by atoms with Crippen LogP contribution >= 0.6 is 11.3 Å². The molecule has 0 amide bonds. The highest BCUT2D eigenvalue weighted by atomic mass is 32.1. The van der Waals surface area contributed by atoms with Crippen LogP contribution in [0.15, 0.2) is 23.0 Å². The first-order chi connectivity index (χ1) is 11.3. The molecule has 2 aliphatic heterocycles. The quantitative estimate of drug-likeness (QED) is 0.926. The van der Waals surface area contributed by atoms with E-state index in [9.17, 15) is 4.79 Å². The Bertz CT molecular complexity index is 749. The van der Waals surface area contributed by atoms with Gasteiger partial charge in [-0.05, 0) is 18.2 Å². The monoisotopic (exact) mass is 334 g/mol. The Balaban J connectivity index is 1.64. The lowest BCUT2D eigenvalue weighted by Crippen LogP contribution is -2.35. The van der Waals surface area contributed by atoms with Crippen molar-refractivity contribution in [3.63, 3.8) is 0 Å². The molecule has 6 nitrogen and oxygen atoms in total. The van der Waals surface area contributed by atoms with Gasteiger partial charge in [-0.2, -0.15) is 0 Å². The Morgan fingerprint density at radius 1 is 1.09 bits per heavy atom. The summed E-state index contributed by atoms with van der Waals surface area (Å²) < 4.78 is 16.6. The number of hydrogen-bond acceptors (Lipinski definition) is 6. The average Bonchev–Trinajstić information content (AvgIpc) is 2.96. The fourth-order valence-corrected chi connectivity index (χ4v) is 3.76. The van der Waals surface area contributed by atoms with Gasteiger partial charge in [0.15, 0.2) is 11.5 Å². The fraction of sp³-hybridized carbons (Fsp3) is 0.438. The van der Waals surface area contributed by atoms with Gasteiger partial charge in [0, 0.05) is 30.1 Å². The van der Waals surface area contributed by atoms with E-state index in [4.69, 9.17) is 14.2 Å². The van der Waals surface area contributed by atoms with Crippen LogP contribution in [-0.4, -0.2) is 49.4 Å². The molecule has 0 unspecified atom stereocenters. The molecule has 122 valence electrons. The van der Waals surface area contributed by atoms with E-state index in [0.717, 1.165) is 60.5 Å². The molecule has 0 radical (unpaired) electrons. The maximum atomic E-state index is 11.9. The van der Waals surface area contributed by atoms with Crippen LogP contribution in [0.5, 0.6) is 11.5 Å². The lowest BCUT2D eigenvalue weighted by atomic mass is 10.1. The van der Waals surface area contributed by atoms with E-state index in [2.05, 4.69) is 9.88 Å². The van der Waals surface area contributed by atoms with Crippen LogP contribution in [-0.2, 0) is 11.3 Å². The summed E-state index contributed by atoms with van der Waals surface area (Å²) in [6.45, 7) is 5.17. The number of aromatic nitrogens is 1. The number of H-pyrrole nitrogens is 1. The highest BCUT2D eigenvalue weighted by Crippen LogP contribution is 2.35. The zero-order valence-corrected chi connectivity index (χ0v) is 13.5. The highest BCUT2D eigenvalue weighted by Gasteiger charge is 2.19. The molecule has 1 aromatic heterocycles. The Labute approximate surface area is 137 Å². The highest BCUT2D eigenvalue weighted by molar-refractivity contribution is 7.09. The summed E-state index contributed by atoms with van der Waals surface area (Å²) in [6, 6.07) is 5.81. The van der Waals surface area contributed by atoms with E-state index in [0.29, 0.717) is 13.2 Å². The first kappa shape index (κ1) is 14.7. The minimum Gasteiger partial charge on any atom is -0.486 e. The molecule has 0 bridgehead atoms. The number of ether oxygens (including phenoxy) is 3. The molecular formula is C16H18N2O4S. The van der Waals surface area contributed by atoms with Crippen molar-refractivity contribution in [2.75, 3.05) is 39.5 Å². The van der Waals surface area contributed by atoms with Gasteiger partial charge < -0.3 is 19.2 Å². The van der Waals surface area contributed by atoms with E-state index in [-0.39, 0.29) is 4.87 Å². The number of nitrogens with one attached hydrogen (secondary N) is 1. The van der Waals surface area contributed by atoms with Crippen LogP contribution in [0.4, 0.5) is 0 Å². The molecule has 7 heteroatoms. The second kappa shape index (κ2) is 6.35. The molecule has 0 aliphatic carbocycles. The van der Waals surface area contributed by atoms with Gasteiger partial charge in [0.2, 0.25) is 0 Å². The summed E-state index contributed by atoms with van der Waals surface area (Å²) in [6.07, 6.45) is 0. The van der Waals surface area contributed by atoms with Crippen LogP contribution in [0, 0.1) is 0 Å². The van der Waals surface area contributed by atoms with Gasteiger partial charge in [-0.25, -0.2) is 0 Å². The van der Waals surface area contributed by atoms with Gasteiger partial charge in [0.1, 0.15) is 13.2 Å². The summed E-state index contributed by atoms with van der Waals surface area (Å²) in [5, 5.41) is 0. The van der Waals surface area contributed by atoms with Gasteiger partial charge in [-0.15, -0.1) is 0 Å². The molecular weight excluding hydrogens is 316 g/mol.